The maximum absolute atomic E-state index is 11.9. The summed E-state index contributed by atoms with van der Waals surface area (Å²) in [7, 11) is 3.50. The summed E-state index contributed by atoms with van der Waals surface area (Å²) in [6.45, 7) is 8.83. The molecule has 0 spiro atoms. The molecular formula is C17H30N6O2. The summed E-state index contributed by atoms with van der Waals surface area (Å²) in [6.07, 6.45) is 2.61. The Bertz CT molecular complexity index is 549. The highest BCUT2D eigenvalue weighted by Crippen LogP contribution is 2.08. The number of likely N-dealkylation sites (N-methyl/N-ethyl adjacent to an activating group) is 1. The molecule has 1 N–H and O–H groups in total. The fourth-order valence-electron chi connectivity index (χ4n) is 2.51. The zero-order chi connectivity index (χ0) is 18.2. The van der Waals surface area contributed by atoms with Gasteiger partial charge in [-0.15, -0.1) is 0 Å². The van der Waals surface area contributed by atoms with Crippen molar-refractivity contribution in [1.82, 2.24) is 25.2 Å². The molecule has 1 aromatic heterocycles. The van der Waals surface area contributed by atoms with E-state index in [2.05, 4.69) is 39.1 Å². The summed E-state index contributed by atoms with van der Waals surface area (Å²) in [5.74, 6) is 0.832. The van der Waals surface area contributed by atoms with Crippen molar-refractivity contribution in [1.29, 1.82) is 0 Å². The third-order valence-corrected chi connectivity index (χ3v) is 4.40. The van der Waals surface area contributed by atoms with Gasteiger partial charge >= 0.3 is 0 Å². The number of aliphatic imine (C=N–C) groups is 1. The largest absolute Gasteiger partial charge is 0.364 e. The van der Waals surface area contributed by atoms with E-state index < -0.39 is 0 Å². The minimum atomic E-state index is 0.00752. The van der Waals surface area contributed by atoms with Gasteiger partial charge in [-0.3, -0.25) is 9.69 Å². The number of amides is 1. The van der Waals surface area contributed by atoms with Crippen LogP contribution in [0.4, 0.5) is 0 Å². The normalized spacial score (nSPS) is 17.4. The van der Waals surface area contributed by atoms with E-state index in [9.17, 15) is 4.79 Å². The summed E-state index contributed by atoms with van der Waals surface area (Å²) >= 11 is 0. The van der Waals surface area contributed by atoms with Crippen molar-refractivity contribution in [2.24, 2.45) is 4.99 Å². The van der Waals surface area contributed by atoms with Crippen molar-refractivity contribution >= 4 is 11.9 Å². The Kier molecular flexibility index (Phi) is 7.24. The first-order valence-corrected chi connectivity index (χ1v) is 8.87. The van der Waals surface area contributed by atoms with Gasteiger partial charge in [0.15, 0.2) is 5.96 Å². The molecule has 2 heterocycles. The van der Waals surface area contributed by atoms with E-state index >= 15 is 0 Å². The third-order valence-electron chi connectivity index (χ3n) is 4.40. The lowest BCUT2D eigenvalue weighted by Crippen LogP contribution is -2.53. The number of nitrogens with zero attached hydrogens (tertiary/aromatic N) is 5. The van der Waals surface area contributed by atoms with Crippen LogP contribution in [0.1, 0.15) is 26.0 Å². The number of aromatic nitrogens is 1. The van der Waals surface area contributed by atoms with Crippen LogP contribution in [0.3, 0.4) is 0 Å². The van der Waals surface area contributed by atoms with Gasteiger partial charge in [0.2, 0.25) is 5.91 Å². The van der Waals surface area contributed by atoms with Crippen LogP contribution in [0.2, 0.25) is 0 Å². The Morgan fingerprint density at radius 3 is 2.68 bits per heavy atom. The number of piperazine rings is 1. The number of guanidine groups is 1. The molecule has 1 aliphatic rings. The monoisotopic (exact) mass is 350 g/mol. The highest BCUT2D eigenvalue weighted by molar-refractivity contribution is 5.85. The molecule has 0 aliphatic carbocycles. The molecule has 0 saturated carbocycles. The zero-order valence-electron chi connectivity index (χ0n) is 15.7. The van der Waals surface area contributed by atoms with Gasteiger partial charge in [-0.25, -0.2) is 4.99 Å². The van der Waals surface area contributed by atoms with Gasteiger partial charge in [-0.2, -0.15) is 0 Å². The summed E-state index contributed by atoms with van der Waals surface area (Å²) in [5.41, 5.74) is 0.955. The molecule has 25 heavy (non-hydrogen) atoms. The Balaban J connectivity index is 1.93. The topological polar surface area (TPSA) is 77.2 Å². The van der Waals surface area contributed by atoms with Crippen LogP contribution in [0.15, 0.2) is 21.8 Å². The molecule has 1 fully saturated rings. The van der Waals surface area contributed by atoms with E-state index in [0.29, 0.717) is 6.04 Å². The van der Waals surface area contributed by atoms with Crippen LogP contribution in [0.25, 0.3) is 0 Å². The van der Waals surface area contributed by atoms with Crippen LogP contribution in [-0.4, -0.2) is 84.6 Å². The smallest absolute Gasteiger partial charge is 0.243 e. The van der Waals surface area contributed by atoms with Gasteiger partial charge in [0.25, 0.3) is 0 Å². The molecule has 0 aromatic carbocycles. The first-order chi connectivity index (χ1) is 12.0. The zero-order valence-corrected chi connectivity index (χ0v) is 15.7. The summed E-state index contributed by atoms with van der Waals surface area (Å²) in [4.78, 5) is 22.6. The second-order valence-corrected chi connectivity index (χ2v) is 6.64. The van der Waals surface area contributed by atoms with Gasteiger partial charge in [0.1, 0.15) is 12.8 Å². The lowest BCUT2D eigenvalue weighted by molar-refractivity contribution is -0.127. The van der Waals surface area contributed by atoms with Crippen LogP contribution < -0.4 is 5.32 Å². The van der Waals surface area contributed by atoms with E-state index in [-0.39, 0.29) is 12.5 Å². The van der Waals surface area contributed by atoms with Crippen molar-refractivity contribution in [3.8, 4) is 0 Å². The summed E-state index contributed by atoms with van der Waals surface area (Å²) in [5, 5.41) is 7.42. The number of rotatable bonds is 6. The molecule has 0 bridgehead atoms. The Morgan fingerprint density at radius 1 is 1.40 bits per heavy atom. The lowest BCUT2D eigenvalue weighted by Gasteiger charge is -2.37. The molecule has 1 atom stereocenters. The molecule has 1 aromatic rings. The predicted octanol–water partition coefficient (Wildman–Crippen LogP) is 0.625. The Labute approximate surface area is 149 Å². The van der Waals surface area contributed by atoms with Crippen molar-refractivity contribution in [3.63, 3.8) is 0 Å². The summed E-state index contributed by atoms with van der Waals surface area (Å²) < 4.78 is 4.89. The average molecular weight is 350 g/mol. The molecule has 1 amide bonds. The molecule has 1 unspecified atom stereocenters. The minimum Gasteiger partial charge on any atom is -0.364 e. The first kappa shape index (κ1) is 19.2. The second-order valence-electron chi connectivity index (χ2n) is 6.64. The highest BCUT2D eigenvalue weighted by atomic mass is 16.5. The Hall–Kier alpha value is -2.09. The molecule has 8 nitrogen and oxygen atoms in total. The van der Waals surface area contributed by atoms with E-state index in [1.165, 1.54) is 0 Å². The van der Waals surface area contributed by atoms with E-state index in [1.807, 2.05) is 6.07 Å². The molecule has 1 aliphatic heterocycles. The van der Waals surface area contributed by atoms with E-state index in [1.54, 1.807) is 25.3 Å². The minimum absolute atomic E-state index is 0.00752. The Morgan fingerprint density at radius 2 is 2.12 bits per heavy atom. The van der Waals surface area contributed by atoms with Gasteiger partial charge in [-0.1, -0.05) is 12.1 Å². The van der Waals surface area contributed by atoms with Crippen LogP contribution in [0, 0.1) is 0 Å². The number of hydrogen-bond donors (Lipinski definition) is 1. The fraction of sp³-hybridized carbons (Fsp3) is 0.706. The molecule has 2 rings (SSSR count). The van der Waals surface area contributed by atoms with Crippen molar-refractivity contribution < 1.29 is 9.32 Å². The fourth-order valence-corrected chi connectivity index (χ4v) is 2.51. The van der Waals surface area contributed by atoms with Gasteiger partial charge in [0.05, 0.1) is 5.69 Å². The lowest BCUT2D eigenvalue weighted by atomic mass is 10.2. The standard InChI is InChI=1S/C17H30N6O2/c1-5-14(2)19-17(18-12-16(24)21(3)4)23-9-7-22(8-10-23)13-15-6-11-25-20-15/h6,11,14H,5,7-10,12-13H2,1-4H3,(H,18,19). The number of carbonyl (C=O) groups excluding carboxylic acids is 1. The predicted molar refractivity (Wildman–Crippen MR) is 97.2 cm³/mol. The molecule has 8 heteroatoms. The van der Waals surface area contributed by atoms with Crippen molar-refractivity contribution in [3.05, 3.63) is 18.0 Å². The van der Waals surface area contributed by atoms with Crippen LogP contribution >= 0.6 is 0 Å². The maximum atomic E-state index is 11.9. The van der Waals surface area contributed by atoms with Crippen molar-refractivity contribution in [2.75, 3.05) is 46.8 Å². The molecule has 140 valence electrons. The van der Waals surface area contributed by atoms with Crippen LogP contribution in [-0.2, 0) is 11.3 Å². The van der Waals surface area contributed by atoms with E-state index in [0.717, 1.165) is 50.8 Å². The van der Waals surface area contributed by atoms with Gasteiger partial charge in [0, 0.05) is 58.9 Å². The quantitative estimate of drug-likeness (QED) is 0.599. The average Bonchev–Trinajstić information content (AvgIpc) is 3.11. The number of hydrogen-bond acceptors (Lipinski definition) is 5. The first-order valence-electron chi connectivity index (χ1n) is 8.87. The number of nitrogens with one attached hydrogen (secondary N) is 1. The van der Waals surface area contributed by atoms with E-state index in [4.69, 9.17) is 4.52 Å². The molecule has 0 radical (unpaired) electrons. The van der Waals surface area contributed by atoms with Gasteiger partial charge in [-0.05, 0) is 13.3 Å². The molecule has 1 saturated heterocycles. The maximum Gasteiger partial charge on any atom is 0.243 e. The molecular weight excluding hydrogens is 320 g/mol. The summed E-state index contributed by atoms with van der Waals surface area (Å²) in [6, 6.07) is 2.22. The second kappa shape index (κ2) is 9.41. The third kappa shape index (κ3) is 6.04. The van der Waals surface area contributed by atoms with Crippen LogP contribution in [0.5, 0.6) is 0 Å². The highest BCUT2D eigenvalue weighted by Gasteiger charge is 2.21. The van der Waals surface area contributed by atoms with Crippen molar-refractivity contribution in [2.45, 2.75) is 32.9 Å². The number of carbonyl (C=O) groups is 1. The SMILES string of the molecule is CCC(C)NC(=NCC(=O)N(C)C)N1CCN(Cc2ccon2)CC1. The van der Waals surface area contributed by atoms with Gasteiger partial charge < -0.3 is 19.6 Å².